The van der Waals surface area contributed by atoms with Crippen LogP contribution in [-0.4, -0.2) is 32.8 Å². The van der Waals surface area contributed by atoms with Gasteiger partial charge in [0.1, 0.15) is 11.6 Å². The number of benzene rings is 1. The monoisotopic (exact) mass is 408 g/mol. The summed E-state index contributed by atoms with van der Waals surface area (Å²) in [5, 5.41) is 9.38. The van der Waals surface area contributed by atoms with Crippen LogP contribution in [0, 0.1) is 23.2 Å². The van der Waals surface area contributed by atoms with E-state index in [1.54, 1.807) is 19.9 Å². The number of carbonyl (C=O) groups excluding carboxylic acids is 2. The number of rotatable bonds is 2. The van der Waals surface area contributed by atoms with Gasteiger partial charge in [0.25, 0.3) is 11.8 Å². The number of likely N-dealkylation sites (N-methyl/N-ethyl adjacent to an activating group) is 1. The van der Waals surface area contributed by atoms with Crippen molar-refractivity contribution >= 4 is 28.9 Å². The standard InChI is InChI=1S/C25H20N4O2/c1-4-29-24(30)20(16(2)21(15-26)25(29)31)12-18-13-23-22(27-18)14-19(28(23)3)11-10-17-8-6-5-7-9-17/h5-9,12-14,27H,4H2,1-3H3/b20-12-. The number of hydrogen-bond donors (Lipinski definition) is 1. The van der Waals surface area contributed by atoms with Crippen molar-refractivity contribution in [3.8, 4) is 17.9 Å². The van der Waals surface area contributed by atoms with Gasteiger partial charge in [-0.1, -0.05) is 24.1 Å². The molecule has 152 valence electrons. The number of aryl methyl sites for hydroxylation is 1. The van der Waals surface area contributed by atoms with Crippen LogP contribution in [-0.2, 0) is 16.6 Å². The summed E-state index contributed by atoms with van der Waals surface area (Å²) in [5.41, 5.74) is 5.10. The average molecular weight is 408 g/mol. The van der Waals surface area contributed by atoms with E-state index < -0.39 is 11.8 Å². The maximum Gasteiger partial charge on any atom is 0.271 e. The zero-order chi connectivity index (χ0) is 22.1. The van der Waals surface area contributed by atoms with Crippen LogP contribution in [0.4, 0.5) is 0 Å². The van der Waals surface area contributed by atoms with Gasteiger partial charge in [-0.05, 0) is 55.7 Å². The van der Waals surface area contributed by atoms with Crippen molar-refractivity contribution < 1.29 is 9.59 Å². The predicted octanol–water partition coefficient (Wildman–Crippen LogP) is 3.52. The summed E-state index contributed by atoms with van der Waals surface area (Å²) >= 11 is 0. The zero-order valence-electron chi connectivity index (χ0n) is 17.5. The molecule has 0 radical (unpaired) electrons. The van der Waals surface area contributed by atoms with E-state index in [9.17, 15) is 14.9 Å². The molecule has 0 bridgehead atoms. The molecule has 0 unspecified atom stereocenters. The Labute approximate surface area is 180 Å². The minimum atomic E-state index is -0.539. The van der Waals surface area contributed by atoms with Crippen LogP contribution in [0.25, 0.3) is 17.1 Å². The molecule has 0 saturated heterocycles. The van der Waals surface area contributed by atoms with Crippen LogP contribution in [0.3, 0.4) is 0 Å². The summed E-state index contributed by atoms with van der Waals surface area (Å²) < 4.78 is 1.98. The Morgan fingerprint density at radius 3 is 2.48 bits per heavy atom. The number of nitriles is 1. The summed E-state index contributed by atoms with van der Waals surface area (Å²) in [6.07, 6.45) is 1.69. The van der Waals surface area contributed by atoms with Crippen molar-refractivity contribution in [3.63, 3.8) is 0 Å². The van der Waals surface area contributed by atoms with Crippen LogP contribution in [0.15, 0.2) is 59.2 Å². The third-order valence-electron chi connectivity index (χ3n) is 5.40. The van der Waals surface area contributed by atoms with Gasteiger partial charge in [-0.2, -0.15) is 5.26 Å². The molecule has 1 N–H and O–H groups in total. The van der Waals surface area contributed by atoms with Gasteiger partial charge in [-0.15, -0.1) is 0 Å². The van der Waals surface area contributed by atoms with Gasteiger partial charge in [0, 0.05) is 30.4 Å². The highest BCUT2D eigenvalue weighted by molar-refractivity contribution is 6.19. The highest BCUT2D eigenvalue weighted by Gasteiger charge is 2.34. The number of amides is 2. The lowest BCUT2D eigenvalue weighted by Crippen LogP contribution is -2.42. The fourth-order valence-corrected chi connectivity index (χ4v) is 3.66. The van der Waals surface area contributed by atoms with E-state index >= 15 is 0 Å². The second kappa shape index (κ2) is 7.85. The van der Waals surface area contributed by atoms with Crippen molar-refractivity contribution in [3.05, 3.63) is 76.1 Å². The first-order chi connectivity index (χ1) is 14.9. The van der Waals surface area contributed by atoms with Gasteiger partial charge in [-0.3, -0.25) is 14.5 Å². The highest BCUT2D eigenvalue weighted by Crippen LogP contribution is 2.28. The third-order valence-corrected chi connectivity index (χ3v) is 5.40. The molecule has 0 spiro atoms. The van der Waals surface area contributed by atoms with Gasteiger partial charge in [0.2, 0.25) is 0 Å². The molecule has 1 aliphatic heterocycles. The van der Waals surface area contributed by atoms with Crippen molar-refractivity contribution in [1.82, 2.24) is 14.5 Å². The number of nitrogens with zero attached hydrogens (tertiary/aromatic N) is 3. The number of fused-ring (bicyclic) bond motifs is 1. The fraction of sp³-hybridized carbons (Fsp3) is 0.160. The van der Waals surface area contributed by atoms with Gasteiger partial charge in [0.05, 0.1) is 16.7 Å². The Hall–Kier alpha value is -4.29. The zero-order valence-corrected chi connectivity index (χ0v) is 17.5. The van der Waals surface area contributed by atoms with E-state index in [0.717, 1.165) is 27.2 Å². The molecule has 1 aliphatic rings. The van der Waals surface area contributed by atoms with E-state index in [2.05, 4.69) is 16.8 Å². The van der Waals surface area contributed by atoms with Crippen molar-refractivity contribution in [2.24, 2.45) is 7.05 Å². The van der Waals surface area contributed by atoms with E-state index in [4.69, 9.17) is 0 Å². The van der Waals surface area contributed by atoms with E-state index in [1.165, 1.54) is 0 Å². The lowest BCUT2D eigenvalue weighted by Gasteiger charge is -2.26. The molecule has 2 amide bonds. The lowest BCUT2D eigenvalue weighted by molar-refractivity contribution is -0.140. The first kappa shape index (κ1) is 20.0. The molecule has 1 aromatic carbocycles. The molecule has 3 heterocycles. The SMILES string of the molecule is CCN1C(=O)C(C#N)=C(C)/C(=C/c2cc3c(cc(C#Cc4ccccc4)n3C)[nH]2)C1=O. The number of hydrogen-bond acceptors (Lipinski definition) is 3. The highest BCUT2D eigenvalue weighted by atomic mass is 16.2. The predicted molar refractivity (Wildman–Crippen MR) is 118 cm³/mol. The summed E-state index contributed by atoms with van der Waals surface area (Å²) in [6, 6.07) is 15.6. The van der Waals surface area contributed by atoms with Crippen LogP contribution in [0.2, 0.25) is 0 Å². The molecule has 0 fully saturated rings. The van der Waals surface area contributed by atoms with Crippen molar-refractivity contribution in [2.75, 3.05) is 6.54 Å². The molecule has 31 heavy (non-hydrogen) atoms. The second-order valence-electron chi connectivity index (χ2n) is 7.25. The normalized spacial score (nSPS) is 15.4. The van der Waals surface area contributed by atoms with Gasteiger partial charge < -0.3 is 9.55 Å². The first-order valence-electron chi connectivity index (χ1n) is 9.89. The van der Waals surface area contributed by atoms with E-state index in [-0.39, 0.29) is 12.1 Å². The fourth-order valence-electron chi connectivity index (χ4n) is 3.66. The number of imide groups is 1. The summed E-state index contributed by atoms with van der Waals surface area (Å²) in [5.74, 6) is 5.41. The molecular weight excluding hydrogens is 388 g/mol. The second-order valence-corrected chi connectivity index (χ2v) is 7.25. The van der Waals surface area contributed by atoms with Gasteiger partial charge >= 0.3 is 0 Å². The quantitative estimate of drug-likeness (QED) is 0.400. The molecule has 2 aromatic heterocycles. The average Bonchev–Trinajstić information content (AvgIpc) is 3.29. The number of nitrogens with one attached hydrogen (secondary N) is 1. The maximum absolute atomic E-state index is 12.8. The summed E-state index contributed by atoms with van der Waals surface area (Å²) in [6.45, 7) is 3.56. The van der Waals surface area contributed by atoms with Crippen molar-refractivity contribution in [2.45, 2.75) is 13.8 Å². The summed E-state index contributed by atoms with van der Waals surface area (Å²) in [7, 11) is 1.93. The minimum absolute atomic E-state index is 0.00211. The Morgan fingerprint density at radius 2 is 1.84 bits per heavy atom. The number of H-pyrrole nitrogens is 1. The topological polar surface area (TPSA) is 81.9 Å². The molecule has 0 saturated carbocycles. The van der Waals surface area contributed by atoms with Crippen molar-refractivity contribution in [1.29, 1.82) is 5.26 Å². The lowest BCUT2D eigenvalue weighted by atomic mass is 9.94. The molecule has 3 aromatic rings. The van der Waals surface area contributed by atoms with E-state index in [0.29, 0.717) is 16.8 Å². The van der Waals surface area contributed by atoms with Crippen LogP contribution < -0.4 is 0 Å². The summed E-state index contributed by atoms with van der Waals surface area (Å²) in [4.78, 5) is 29.5. The third kappa shape index (κ3) is 3.45. The van der Waals surface area contributed by atoms with Gasteiger partial charge in [-0.25, -0.2) is 0 Å². The molecule has 0 atom stereocenters. The Balaban J connectivity index is 1.73. The van der Waals surface area contributed by atoms with Crippen LogP contribution in [0.1, 0.15) is 30.8 Å². The largest absolute Gasteiger partial charge is 0.354 e. The smallest absolute Gasteiger partial charge is 0.271 e. The number of aromatic nitrogens is 2. The molecular formula is C25H20N4O2. The molecule has 0 aliphatic carbocycles. The maximum atomic E-state index is 12.8. The molecule has 6 heteroatoms. The minimum Gasteiger partial charge on any atom is -0.354 e. The van der Waals surface area contributed by atoms with Crippen LogP contribution >= 0.6 is 0 Å². The number of carbonyl (C=O) groups is 2. The van der Waals surface area contributed by atoms with Crippen LogP contribution in [0.5, 0.6) is 0 Å². The number of aromatic amines is 1. The Bertz CT molecular complexity index is 1380. The van der Waals surface area contributed by atoms with E-state index in [1.807, 2.05) is 60.1 Å². The Kier molecular flexibility index (Phi) is 5.07. The molecule has 6 nitrogen and oxygen atoms in total. The Morgan fingerprint density at radius 1 is 1.10 bits per heavy atom. The molecule has 4 rings (SSSR count). The van der Waals surface area contributed by atoms with Gasteiger partial charge in [0.15, 0.2) is 0 Å². The first-order valence-corrected chi connectivity index (χ1v) is 9.89.